The van der Waals surface area contributed by atoms with E-state index in [4.69, 9.17) is 26.5 Å². The molecule has 0 saturated heterocycles. The van der Waals surface area contributed by atoms with Crippen LogP contribution in [0.15, 0.2) is 34.7 Å². The molecule has 0 spiro atoms. The Labute approximate surface area is 138 Å². The summed E-state index contributed by atoms with van der Waals surface area (Å²) in [6.07, 6.45) is 0. The van der Waals surface area contributed by atoms with Gasteiger partial charge in [-0.2, -0.15) is 0 Å². The Morgan fingerprint density at radius 3 is 2.87 bits per heavy atom. The number of nitrogens with zero attached hydrogens (tertiary/aromatic N) is 1. The average Bonchev–Trinajstić information content (AvgIpc) is 2.85. The van der Waals surface area contributed by atoms with E-state index in [0.717, 1.165) is 5.69 Å². The van der Waals surface area contributed by atoms with Crippen molar-refractivity contribution in [3.05, 3.63) is 52.4 Å². The van der Waals surface area contributed by atoms with Gasteiger partial charge >= 0.3 is 0 Å². The van der Waals surface area contributed by atoms with Gasteiger partial charge in [0.1, 0.15) is 5.75 Å². The van der Waals surface area contributed by atoms with Crippen molar-refractivity contribution in [3.63, 3.8) is 0 Å². The highest BCUT2D eigenvalue weighted by Crippen LogP contribution is 2.32. The molecule has 2 N–H and O–H groups in total. The molecule has 0 aliphatic rings. The molecule has 5 nitrogen and oxygen atoms in total. The minimum Gasteiger partial charge on any atom is -0.493 e. The third-order valence-corrected chi connectivity index (χ3v) is 3.66. The van der Waals surface area contributed by atoms with E-state index < -0.39 is 0 Å². The summed E-state index contributed by atoms with van der Waals surface area (Å²) in [5, 5.41) is 1.04. The fourth-order valence-electron chi connectivity index (χ4n) is 2.34. The number of benzene rings is 1. The zero-order valence-corrected chi connectivity index (χ0v) is 13.5. The number of aryl methyl sites for hydroxylation is 1. The first-order chi connectivity index (χ1) is 11.0. The summed E-state index contributed by atoms with van der Waals surface area (Å²) in [6, 6.07) is 8.46. The number of hydrogen-bond acceptors (Lipinski definition) is 5. The minimum absolute atomic E-state index is 0.0429. The quantitative estimate of drug-likeness (QED) is 0.731. The minimum atomic E-state index is -0.385. The molecule has 0 aliphatic carbocycles. The van der Waals surface area contributed by atoms with Crippen LogP contribution in [0.25, 0.3) is 11.1 Å². The van der Waals surface area contributed by atoms with E-state index in [9.17, 15) is 4.79 Å². The molecule has 0 saturated carbocycles. The van der Waals surface area contributed by atoms with Gasteiger partial charge in [-0.25, -0.2) is 4.98 Å². The van der Waals surface area contributed by atoms with Crippen molar-refractivity contribution in [3.8, 4) is 5.75 Å². The van der Waals surface area contributed by atoms with E-state index in [1.54, 1.807) is 24.3 Å². The monoisotopic (exact) mass is 330 g/mol. The van der Waals surface area contributed by atoms with Crippen LogP contribution in [-0.4, -0.2) is 17.4 Å². The van der Waals surface area contributed by atoms with E-state index in [2.05, 4.69) is 4.98 Å². The van der Waals surface area contributed by atoms with Crippen LogP contribution in [0.3, 0.4) is 0 Å². The SMILES string of the molecule is CCOc1ccc(Cl)cc1C(=O)c1oc2nc(C)ccc2c1N. The lowest BCUT2D eigenvalue weighted by Crippen LogP contribution is -2.06. The molecule has 0 radical (unpaired) electrons. The van der Waals surface area contributed by atoms with Crippen LogP contribution in [0, 0.1) is 6.92 Å². The van der Waals surface area contributed by atoms with Crippen LogP contribution in [0.2, 0.25) is 5.02 Å². The first-order valence-corrected chi connectivity index (χ1v) is 7.51. The maximum absolute atomic E-state index is 12.8. The van der Waals surface area contributed by atoms with Crippen LogP contribution in [0.4, 0.5) is 5.69 Å². The van der Waals surface area contributed by atoms with Gasteiger partial charge in [-0.15, -0.1) is 0 Å². The summed E-state index contributed by atoms with van der Waals surface area (Å²) < 4.78 is 11.1. The molecule has 0 atom stereocenters. The molecule has 0 bridgehead atoms. The second-order valence-electron chi connectivity index (χ2n) is 5.05. The molecule has 23 heavy (non-hydrogen) atoms. The Kier molecular flexibility index (Phi) is 3.96. The summed E-state index contributed by atoms with van der Waals surface area (Å²) in [5.74, 6) is 0.0938. The van der Waals surface area contributed by atoms with E-state index in [0.29, 0.717) is 34.0 Å². The van der Waals surface area contributed by atoms with Crippen LogP contribution in [0.5, 0.6) is 5.75 Å². The second-order valence-corrected chi connectivity index (χ2v) is 5.49. The van der Waals surface area contributed by atoms with Crippen molar-refractivity contribution in [2.45, 2.75) is 13.8 Å². The topological polar surface area (TPSA) is 78.3 Å². The fourth-order valence-corrected chi connectivity index (χ4v) is 2.51. The van der Waals surface area contributed by atoms with Crippen molar-refractivity contribution >= 4 is 34.2 Å². The summed E-state index contributed by atoms with van der Waals surface area (Å²) >= 11 is 6.01. The molecule has 118 valence electrons. The van der Waals surface area contributed by atoms with Gasteiger partial charge in [0, 0.05) is 10.7 Å². The standard InChI is InChI=1S/C17H15ClN2O3/c1-3-22-13-7-5-10(18)8-12(13)15(21)16-14(19)11-6-4-9(2)20-17(11)23-16/h4-8H,3,19H2,1-2H3. The van der Waals surface area contributed by atoms with Crippen molar-refractivity contribution in [1.82, 2.24) is 4.98 Å². The van der Waals surface area contributed by atoms with E-state index in [1.807, 2.05) is 19.9 Å². The van der Waals surface area contributed by atoms with Gasteiger partial charge in [-0.1, -0.05) is 11.6 Å². The number of carbonyl (C=O) groups excluding carboxylic acids is 1. The highest BCUT2D eigenvalue weighted by molar-refractivity contribution is 6.31. The number of ether oxygens (including phenoxy) is 1. The van der Waals surface area contributed by atoms with Crippen molar-refractivity contribution < 1.29 is 13.9 Å². The lowest BCUT2D eigenvalue weighted by Gasteiger charge is -2.09. The van der Waals surface area contributed by atoms with Crippen LogP contribution >= 0.6 is 11.6 Å². The number of aromatic nitrogens is 1. The fraction of sp³-hybridized carbons (Fsp3) is 0.176. The number of carbonyl (C=O) groups is 1. The average molecular weight is 331 g/mol. The molecule has 2 aromatic heterocycles. The van der Waals surface area contributed by atoms with E-state index in [-0.39, 0.29) is 17.2 Å². The number of fused-ring (bicyclic) bond motifs is 1. The summed E-state index contributed by atoms with van der Waals surface area (Å²) in [4.78, 5) is 17.1. The number of furan rings is 1. The molecular formula is C17H15ClN2O3. The molecular weight excluding hydrogens is 316 g/mol. The Morgan fingerprint density at radius 1 is 1.35 bits per heavy atom. The third-order valence-electron chi connectivity index (χ3n) is 3.43. The molecule has 0 amide bonds. The second kappa shape index (κ2) is 5.93. The van der Waals surface area contributed by atoms with Gasteiger partial charge in [0.2, 0.25) is 17.3 Å². The van der Waals surface area contributed by atoms with Gasteiger partial charge in [-0.05, 0) is 44.2 Å². The Bertz CT molecular complexity index is 902. The number of nitrogen functional groups attached to an aromatic ring is 1. The summed E-state index contributed by atoms with van der Waals surface area (Å²) in [7, 11) is 0. The highest BCUT2D eigenvalue weighted by atomic mass is 35.5. The smallest absolute Gasteiger partial charge is 0.234 e. The number of ketones is 1. The van der Waals surface area contributed by atoms with Gasteiger partial charge in [-0.3, -0.25) is 4.79 Å². The van der Waals surface area contributed by atoms with Crippen LogP contribution in [0.1, 0.15) is 28.7 Å². The van der Waals surface area contributed by atoms with Gasteiger partial charge in [0.05, 0.1) is 23.2 Å². The Hall–Kier alpha value is -2.53. The van der Waals surface area contributed by atoms with Crippen LogP contribution < -0.4 is 10.5 Å². The lowest BCUT2D eigenvalue weighted by atomic mass is 10.1. The van der Waals surface area contributed by atoms with Crippen molar-refractivity contribution in [1.29, 1.82) is 0 Å². The Morgan fingerprint density at radius 2 is 2.13 bits per heavy atom. The summed E-state index contributed by atoms with van der Waals surface area (Å²) in [6.45, 7) is 4.10. The van der Waals surface area contributed by atoms with Gasteiger partial charge in [0.15, 0.2) is 0 Å². The van der Waals surface area contributed by atoms with Gasteiger partial charge in [0.25, 0.3) is 0 Å². The highest BCUT2D eigenvalue weighted by Gasteiger charge is 2.24. The largest absolute Gasteiger partial charge is 0.493 e. The molecule has 3 rings (SSSR count). The number of halogens is 1. The molecule has 0 aliphatic heterocycles. The normalized spacial score (nSPS) is 10.9. The molecule has 0 fully saturated rings. The van der Waals surface area contributed by atoms with E-state index >= 15 is 0 Å². The van der Waals surface area contributed by atoms with Crippen molar-refractivity contribution in [2.24, 2.45) is 0 Å². The van der Waals surface area contributed by atoms with E-state index in [1.165, 1.54) is 0 Å². The molecule has 6 heteroatoms. The maximum atomic E-state index is 12.8. The van der Waals surface area contributed by atoms with Gasteiger partial charge < -0.3 is 14.9 Å². The van der Waals surface area contributed by atoms with Crippen LogP contribution in [-0.2, 0) is 0 Å². The number of rotatable bonds is 4. The Balaban J connectivity index is 2.14. The molecule has 3 aromatic rings. The lowest BCUT2D eigenvalue weighted by molar-refractivity contribution is 0.101. The third kappa shape index (κ3) is 2.75. The molecule has 2 heterocycles. The zero-order valence-electron chi connectivity index (χ0n) is 12.7. The molecule has 1 aromatic carbocycles. The number of nitrogens with two attached hydrogens (primary N) is 1. The number of hydrogen-bond donors (Lipinski definition) is 1. The first kappa shape index (κ1) is 15.4. The summed E-state index contributed by atoms with van der Waals surface area (Å²) in [5.41, 5.74) is 7.75. The molecule has 0 unspecified atom stereocenters. The number of anilines is 1. The maximum Gasteiger partial charge on any atom is 0.234 e. The first-order valence-electron chi connectivity index (χ1n) is 7.14. The predicted molar refractivity (Wildman–Crippen MR) is 89.2 cm³/mol. The predicted octanol–water partition coefficient (Wildman–Crippen LogP) is 4.00. The zero-order chi connectivity index (χ0) is 16.6. The number of pyridine rings is 1. The van der Waals surface area contributed by atoms with Crippen molar-refractivity contribution in [2.75, 3.05) is 12.3 Å².